The maximum absolute atomic E-state index is 11.7. The standard InChI is InChI=1S/C13H26N4O2/c1-14-12(19)16-5-3-13(4-6-16)11-15(2)7-8-17(13)9-10-18/h18H,3-11H2,1-2H3,(H,14,19). The van der Waals surface area contributed by atoms with E-state index in [1.807, 2.05) is 4.90 Å². The normalized spacial score (nSPS) is 24.7. The molecule has 2 N–H and O–H groups in total. The van der Waals surface area contributed by atoms with Crippen LogP contribution in [0.2, 0.25) is 0 Å². The highest BCUT2D eigenvalue weighted by Crippen LogP contribution is 2.32. The first-order valence-corrected chi connectivity index (χ1v) is 7.12. The van der Waals surface area contributed by atoms with Crippen LogP contribution in [0.25, 0.3) is 0 Å². The minimum absolute atomic E-state index is 0.0210. The molecule has 0 aromatic carbocycles. The molecule has 0 saturated carbocycles. The number of β-amino-alcohol motifs (C(OH)–C–C–N with tert-alkyl or cyclic N) is 1. The first kappa shape index (κ1) is 14.6. The van der Waals surface area contributed by atoms with Crippen LogP contribution in [-0.2, 0) is 0 Å². The van der Waals surface area contributed by atoms with Gasteiger partial charge < -0.3 is 20.2 Å². The molecule has 0 bridgehead atoms. The van der Waals surface area contributed by atoms with Crippen LogP contribution in [0, 0.1) is 0 Å². The largest absolute Gasteiger partial charge is 0.395 e. The fourth-order valence-corrected chi connectivity index (χ4v) is 3.44. The molecular weight excluding hydrogens is 244 g/mol. The number of rotatable bonds is 2. The lowest BCUT2D eigenvalue weighted by Crippen LogP contribution is -2.66. The molecule has 6 heteroatoms. The van der Waals surface area contributed by atoms with Gasteiger partial charge >= 0.3 is 6.03 Å². The summed E-state index contributed by atoms with van der Waals surface area (Å²) in [6.07, 6.45) is 1.98. The summed E-state index contributed by atoms with van der Waals surface area (Å²) in [6.45, 7) is 5.66. The summed E-state index contributed by atoms with van der Waals surface area (Å²) in [5.74, 6) is 0. The number of piperidine rings is 1. The van der Waals surface area contributed by atoms with Gasteiger partial charge in [0.05, 0.1) is 6.61 Å². The molecule has 2 aliphatic rings. The highest BCUT2D eigenvalue weighted by Gasteiger charge is 2.43. The Bertz CT molecular complexity index is 316. The van der Waals surface area contributed by atoms with E-state index in [1.165, 1.54) is 0 Å². The van der Waals surface area contributed by atoms with Crippen LogP contribution >= 0.6 is 0 Å². The number of nitrogens with zero attached hydrogens (tertiary/aromatic N) is 3. The molecule has 2 rings (SSSR count). The van der Waals surface area contributed by atoms with Crippen molar-refractivity contribution in [2.24, 2.45) is 0 Å². The summed E-state index contributed by atoms with van der Waals surface area (Å²) in [4.78, 5) is 18.3. The van der Waals surface area contributed by atoms with Crippen molar-refractivity contribution in [2.45, 2.75) is 18.4 Å². The number of amides is 2. The molecule has 0 atom stereocenters. The van der Waals surface area contributed by atoms with E-state index in [1.54, 1.807) is 7.05 Å². The molecule has 2 amide bonds. The second-order valence-corrected chi connectivity index (χ2v) is 5.71. The van der Waals surface area contributed by atoms with Crippen LogP contribution in [-0.4, -0.2) is 91.3 Å². The number of carbonyl (C=O) groups excluding carboxylic acids is 1. The van der Waals surface area contributed by atoms with Gasteiger partial charge in [-0.15, -0.1) is 0 Å². The van der Waals surface area contributed by atoms with Crippen molar-refractivity contribution in [3.05, 3.63) is 0 Å². The van der Waals surface area contributed by atoms with Gasteiger partial charge in [0.2, 0.25) is 0 Å². The van der Waals surface area contributed by atoms with E-state index in [0.717, 1.165) is 52.1 Å². The lowest BCUT2D eigenvalue weighted by atomic mass is 9.83. The van der Waals surface area contributed by atoms with Crippen molar-refractivity contribution in [2.75, 3.05) is 60.0 Å². The van der Waals surface area contributed by atoms with E-state index in [4.69, 9.17) is 0 Å². The Labute approximate surface area is 115 Å². The number of likely N-dealkylation sites (tertiary alicyclic amines) is 1. The van der Waals surface area contributed by atoms with Crippen molar-refractivity contribution >= 4 is 6.03 Å². The average Bonchev–Trinajstić information content (AvgIpc) is 2.42. The Morgan fingerprint density at radius 2 is 1.95 bits per heavy atom. The van der Waals surface area contributed by atoms with Crippen LogP contribution in [0.1, 0.15) is 12.8 Å². The van der Waals surface area contributed by atoms with Gasteiger partial charge in [-0.3, -0.25) is 4.90 Å². The summed E-state index contributed by atoms with van der Waals surface area (Å²) in [7, 11) is 3.84. The molecule has 110 valence electrons. The summed E-state index contributed by atoms with van der Waals surface area (Å²) in [5, 5.41) is 11.9. The van der Waals surface area contributed by atoms with Gasteiger partial charge in [0.1, 0.15) is 0 Å². The highest BCUT2D eigenvalue weighted by molar-refractivity contribution is 5.73. The Balaban J connectivity index is 2.02. The predicted octanol–water partition coefficient (Wildman–Crippen LogP) is -0.600. The van der Waals surface area contributed by atoms with Crippen LogP contribution < -0.4 is 5.32 Å². The molecule has 0 unspecified atom stereocenters. The molecular formula is C13H26N4O2. The number of nitrogens with one attached hydrogen (secondary N) is 1. The fraction of sp³-hybridized carbons (Fsp3) is 0.923. The fourth-order valence-electron chi connectivity index (χ4n) is 3.44. The molecule has 0 aromatic heterocycles. The number of hydrogen-bond donors (Lipinski definition) is 2. The lowest BCUT2D eigenvalue weighted by molar-refractivity contribution is -0.0354. The van der Waals surface area contributed by atoms with Crippen molar-refractivity contribution in [3.8, 4) is 0 Å². The van der Waals surface area contributed by atoms with Crippen molar-refractivity contribution in [1.82, 2.24) is 20.0 Å². The minimum Gasteiger partial charge on any atom is -0.395 e. The maximum atomic E-state index is 11.7. The van der Waals surface area contributed by atoms with Gasteiger partial charge in [-0.25, -0.2) is 4.79 Å². The van der Waals surface area contributed by atoms with Crippen molar-refractivity contribution < 1.29 is 9.90 Å². The second kappa shape index (κ2) is 6.07. The molecule has 1 spiro atoms. The van der Waals surface area contributed by atoms with Gasteiger partial charge in [0.15, 0.2) is 0 Å². The van der Waals surface area contributed by atoms with Crippen molar-refractivity contribution in [1.29, 1.82) is 0 Å². The molecule has 2 aliphatic heterocycles. The summed E-state index contributed by atoms with van der Waals surface area (Å²) < 4.78 is 0. The number of likely N-dealkylation sites (N-methyl/N-ethyl adjacent to an activating group) is 1. The monoisotopic (exact) mass is 270 g/mol. The molecule has 19 heavy (non-hydrogen) atoms. The number of piperazine rings is 1. The highest BCUT2D eigenvalue weighted by atomic mass is 16.3. The Morgan fingerprint density at radius 3 is 2.53 bits per heavy atom. The van der Waals surface area contributed by atoms with Gasteiger partial charge in [0, 0.05) is 51.9 Å². The zero-order valence-corrected chi connectivity index (χ0v) is 12.1. The molecule has 6 nitrogen and oxygen atoms in total. The Kier molecular flexibility index (Phi) is 4.65. The topological polar surface area (TPSA) is 59.1 Å². The minimum atomic E-state index is 0.0210. The van der Waals surface area contributed by atoms with E-state index < -0.39 is 0 Å². The van der Waals surface area contributed by atoms with E-state index >= 15 is 0 Å². The number of carbonyl (C=O) groups is 1. The maximum Gasteiger partial charge on any atom is 0.317 e. The third kappa shape index (κ3) is 3.01. The third-order valence-corrected chi connectivity index (χ3v) is 4.55. The SMILES string of the molecule is CNC(=O)N1CCC2(CC1)CN(C)CCN2CCO. The lowest BCUT2D eigenvalue weighted by Gasteiger charge is -2.53. The zero-order chi connectivity index (χ0) is 13.9. The van der Waals surface area contributed by atoms with E-state index in [9.17, 15) is 9.90 Å². The van der Waals surface area contributed by atoms with Gasteiger partial charge in [-0.1, -0.05) is 0 Å². The number of hydrogen-bond acceptors (Lipinski definition) is 4. The van der Waals surface area contributed by atoms with E-state index in [-0.39, 0.29) is 18.2 Å². The zero-order valence-electron chi connectivity index (χ0n) is 12.1. The van der Waals surface area contributed by atoms with Crippen LogP contribution in [0.15, 0.2) is 0 Å². The van der Waals surface area contributed by atoms with Gasteiger partial charge in [-0.2, -0.15) is 0 Å². The molecule has 2 fully saturated rings. The van der Waals surface area contributed by atoms with Crippen molar-refractivity contribution in [3.63, 3.8) is 0 Å². The molecule has 2 saturated heterocycles. The first-order chi connectivity index (χ1) is 9.11. The Morgan fingerprint density at radius 1 is 1.26 bits per heavy atom. The van der Waals surface area contributed by atoms with Crippen LogP contribution in [0.3, 0.4) is 0 Å². The summed E-state index contributed by atoms with van der Waals surface area (Å²) in [6, 6.07) is 0.0210. The Hall–Kier alpha value is -0.850. The number of aliphatic hydroxyl groups is 1. The molecule has 2 heterocycles. The number of aliphatic hydroxyl groups excluding tert-OH is 1. The van der Waals surface area contributed by atoms with Crippen LogP contribution in [0.5, 0.6) is 0 Å². The average molecular weight is 270 g/mol. The summed E-state index contributed by atoms with van der Waals surface area (Å²) in [5.41, 5.74) is 0.139. The second-order valence-electron chi connectivity index (χ2n) is 5.71. The van der Waals surface area contributed by atoms with E-state index in [2.05, 4.69) is 22.2 Å². The molecule has 0 aromatic rings. The van der Waals surface area contributed by atoms with Gasteiger partial charge in [0.25, 0.3) is 0 Å². The quantitative estimate of drug-likeness (QED) is 0.703. The smallest absolute Gasteiger partial charge is 0.317 e. The number of urea groups is 1. The first-order valence-electron chi connectivity index (χ1n) is 7.12. The predicted molar refractivity (Wildman–Crippen MR) is 74.1 cm³/mol. The third-order valence-electron chi connectivity index (χ3n) is 4.55. The molecule has 0 aliphatic carbocycles. The summed E-state index contributed by atoms with van der Waals surface area (Å²) >= 11 is 0. The van der Waals surface area contributed by atoms with Gasteiger partial charge in [-0.05, 0) is 19.9 Å². The van der Waals surface area contributed by atoms with Crippen LogP contribution in [0.4, 0.5) is 4.79 Å². The van der Waals surface area contributed by atoms with E-state index in [0.29, 0.717) is 0 Å². The molecule has 0 radical (unpaired) electrons.